The number of aryl methyl sites for hydroxylation is 1. The normalized spacial score (nSPS) is 10.8. The van der Waals surface area contributed by atoms with Gasteiger partial charge in [-0.3, -0.25) is 4.79 Å². The molecular weight excluding hydrogens is 318 g/mol. The zero-order valence-corrected chi connectivity index (χ0v) is 14.4. The molecule has 0 aliphatic heterocycles. The Balaban J connectivity index is 2.00. The average molecular weight is 337 g/mol. The number of carbonyl (C=O) groups excluding carboxylic acids is 1. The second-order valence-electron chi connectivity index (χ2n) is 6.13. The molecule has 6 heteroatoms. The lowest BCUT2D eigenvalue weighted by molar-refractivity contribution is -0.468. The highest BCUT2D eigenvalue weighted by molar-refractivity contribution is 5.98. The minimum atomic E-state index is -0.397. The summed E-state index contributed by atoms with van der Waals surface area (Å²) in [6, 6.07) is 14.2. The van der Waals surface area contributed by atoms with E-state index in [4.69, 9.17) is 0 Å². The third-order valence-corrected chi connectivity index (χ3v) is 4.29. The van der Waals surface area contributed by atoms with Crippen LogP contribution in [0.25, 0.3) is 11.0 Å². The second-order valence-corrected chi connectivity index (χ2v) is 6.13. The first-order chi connectivity index (χ1) is 11.9. The Morgan fingerprint density at radius 3 is 2.44 bits per heavy atom. The Bertz CT molecular complexity index is 1010. The lowest BCUT2D eigenvalue weighted by atomic mass is 10.1. The Labute approximate surface area is 145 Å². The molecule has 2 aromatic carbocycles. The Hall–Kier alpha value is -3.15. The van der Waals surface area contributed by atoms with E-state index >= 15 is 0 Å². The van der Waals surface area contributed by atoms with Gasteiger partial charge in [0.1, 0.15) is 5.52 Å². The maximum absolute atomic E-state index is 12.7. The first-order valence-electron chi connectivity index (χ1n) is 7.95. The second kappa shape index (κ2) is 6.39. The molecule has 0 fully saturated rings. The van der Waals surface area contributed by atoms with Gasteiger partial charge in [-0.2, -0.15) is 0 Å². The first-order valence-corrected chi connectivity index (χ1v) is 7.95. The number of Topliss-reactive ketones (excluding diaryl/α,β-unsaturated/α-hetero) is 1. The van der Waals surface area contributed by atoms with Gasteiger partial charge in [-0.15, -0.1) is 0 Å². The smallest absolute Gasteiger partial charge is 0.326 e. The molecule has 0 aliphatic rings. The number of carbonyl (C=O) groups is 1. The van der Waals surface area contributed by atoms with Crippen molar-refractivity contribution in [3.8, 4) is 0 Å². The molecule has 1 aromatic heterocycles. The molecular formula is C19H19N3O3. The number of hydrogen-bond acceptors (Lipinski definition) is 4. The highest BCUT2D eigenvalue weighted by atomic mass is 16.5. The molecule has 0 bridgehead atoms. The summed E-state index contributed by atoms with van der Waals surface area (Å²) in [5, 5.41) is 12.4. The zero-order chi connectivity index (χ0) is 18.1. The third-order valence-electron chi connectivity index (χ3n) is 4.29. The zero-order valence-electron chi connectivity index (χ0n) is 14.4. The van der Waals surface area contributed by atoms with Crippen molar-refractivity contribution in [3.63, 3.8) is 0 Å². The molecule has 0 unspecified atom stereocenters. The van der Waals surface area contributed by atoms with Crippen LogP contribution in [0.3, 0.4) is 0 Å². The van der Waals surface area contributed by atoms with Gasteiger partial charge in [-0.05, 0) is 32.0 Å². The van der Waals surface area contributed by atoms with Crippen molar-refractivity contribution >= 4 is 22.5 Å². The summed E-state index contributed by atoms with van der Waals surface area (Å²) in [4.78, 5) is 27.1. The van der Waals surface area contributed by atoms with Crippen molar-refractivity contribution in [2.75, 3.05) is 18.5 Å². The summed E-state index contributed by atoms with van der Waals surface area (Å²) in [6.07, 6.45) is 0. The largest absolute Gasteiger partial charge is 0.805 e. The van der Waals surface area contributed by atoms with E-state index in [1.54, 1.807) is 30.1 Å². The molecule has 25 heavy (non-hydrogen) atoms. The van der Waals surface area contributed by atoms with Gasteiger partial charge in [0.25, 0.3) is 11.3 Å². The summed E-state index contributed by atoms with van der Waals surface area (Å²) in [6.45, 7) is 3.48. The number of fused-ring (bicyclic) bond motifs is 1. The fraction of sp³-hybridized carbons (Fsp3) is 0.211. The van der Waals surface area contributed by atoms with Crippen LogP contribution in [0.4, 0.5) is 5.69 Å². The van der Waals surface area contributed by atoms with Crippen LogP contribution in [0.5, 0.6) is 0 Å². The summed E-state index contributed by atoms with van der Waals surface area (Å²) >= 11 is 0. The predicted molar refractivity (Wildman–Crippen MR) is 97.6 cm³/mol. The van der Waals surface area contributed by atoms with Crippen LogP contribution in [0.2, 0.25) is 0 Å². The highest BCUT2D eigenvalue weighted by Gasteiger charge is 2.27. The number of likely N-dealkylation sites (N-methyl/N-ethyl adjacent to an activating group) is 1. The standard InChI is InChI=1S/C19H19N3O3/c1-13-8-10-15(11-9-13)20(3)12-18(23)19-14(2)21(24)16-6-4-5-7-17(16)22(19)25/h4-11H,12H2,1-3H3. The van der Waals surface area contributed by atoms with Crippen molar-refractivity contribution in [2.45, 2.75) is 13.8 Å². The van der Waals surface area contributed by atoms with Gasteiger partial charge in [0.05, 0.1) is 16.7 Å². The lowest BCUT2D eigenvalue weighted by Crippen LogP contribution is -2.35. The molecule has 0 saturated heterocycles. The molecule has 0 saturated carbocycles. The molecule has 3 aromatic rings. The molecule has 128 valence electrons. The van der Waals surface area contributed by atoms with Gasteiger partial charge < -0.3 is 14.8 Å². The summed E-state index contributed by atoms with van der Waals surface area (Å²) in [5.74, 6) is -0.397. The quantitative estimate of drug-likeness (QED) is 0.542. The highest BCUT2D eigenvalue weighted by Crippen LogP contribution is 2.16. The number of para-hydroxylation sites is 2. The number of rotatable bonds is 4. The van der Waals surface area contributed by atoms with Crippen LogP contribution in [-0.2, 0) is 0 Å². The van der Waals surface area contributed by atoms with Gasteiger partial charge in [0, 0.05) is 23.7 Å². The molecule has 3 rings (SSSR count). The van der Waals surface area contributed by atoms with Crippen LogP contribution >= 0.6 is 0 Å². The number of ketones is 1. The average Bonchev–Trinajstić information content (AvgIpc) is 2.60. The maximum Gasteiger partial charge on any atom is 0.326 e. The molecule has 0 radical (unpaired) electrons. The van der Waals surface area contributed by atoms with Crippen LogP contribution in [-0.4, -0.2) is 24.1 Å². The molecule has 6 nitrogen and oxygen atoms in total. The number of aromatic nitrogens is 2. The molecule has 1 heterocycles. The van der Waals surface area contributed by atoms with Gasteiger partial charge in [0.2, 0.25) is 0 Å². The van der Waals surface area contributed by atoms with E-state index in [9.17, 15) is 14.9 Å². The SMILES string of the molecule is Cc1ccc(N(C)CC(=O)c2c(C)n([O-])c3ccccc3[n+]2=O)cc1. The van der Waals surface area contributed by atoms with Crippen LogP contribution in [0.1, 0.15) is 21.7 Å². The molecule has 0 atom stereocenters. The molecule has 0 amide bonds. The fourth-order valence-electron chi connectivity index (χ4n) is 2.85. The Morgan fingerprint density at radius 1 is 1.12 bits per heavy atom. The van der Waals surface area contributed by atoms with E-state index < -0.39 is 5.78 Å². The molecule has 0 aliphatic carbocycles. The number of nitrogens with zero attached hydrogens (tertiary/aromatic N) is 3. The van der Waals surface area contributed by atoms with Crippen LogP contribution in [0, 0.1) is 24.0 Å². The minimum absolute atomic E-state index is 0.00445. The monoisotopic (exact) mass is 337 g/mol. The van der Waals surface area contributed by atoms with Gasteiger partial charge in [0.15, 0.2) is 0 Å². The van der Waals surface area contributed by atoms with Crippen LogP contribution in [0.15, 0.2) is 48.5 Å². The van der Waals surface area contributed by atoms with Crippen LogP contribution < -0.4 is 9.33 Å². The van der Waals surface area contributed by atoms with Crippen molar-refractivity contribution in [2.24, 2.45) is 0 Å². The van der Waals surface area contributed by atoms with Crippen molar-refractivity contribution in [1.82, 2.24) is 4.73 Å². The first kappa shape index (κ1) is 16.7. The maximum atomic E-state index is 12.7. The summed E-state index contributed by atoms with van der Waals surface area (Å²) in [7, 11) is 1.78. The predicted octanol–water partition coefficient (Wildman–Crippen LogP) is 2.84. The number of hydrogen-bond donors (Lipinski definition) is 0. The van der Waals surface area contributed by atoms with Crippen molar-refractivity contribution < 1.29 is 9.22 Å². The Morgan fingerprint density at radius 2 is 1.76 bits per heavy atom. The van der Waals surface area contributed by atoms with E-state index in [2.05, 4.69) is 0 Å². The van der Waals surface area contributed by atoms with Crippen molar-refractivity contribution in [1.29, 1.82) is 0 Å². The summed E-state index contributed by atoms with van der Waals surface area (Å²) < 4.78 is 1.20. The van der Waals surface area contributed by atoms with E-state index in [0.717, 1.165) is 11.3 Å². The topological polar surface area (TPSA) is 71.3 Å². The van der Waals surface area contributed by atoms with E-state index in [-0.39, 0.29) is 29.0 Å². The van der Waals surface area contributed by atoms with Gasteiger partial charge >= 0.3 is 5.69 Å². The van der Waals surface area contributed by atoms with Gasteiger partial charge in [-0.1, -0.05) is 29.8 Å². The minimum Gasteiger partial charge on any atom is -0.805 e. The molecule has 0 N–H and O–H groups in total. The molecule has 0 spiro atoms. The Kier molecular flexibility index (Phi) is 4.27. The summed E-state index contributed by atoms with van der Waals surface area (Å²) in [5.41, 5.74) is 2.41. The van der Waals surface area contributed by atoms with E-state index in [1.807, 2.05) is 31.2 Å². The lowest BCUT2D eigenvalue weighted by Gasteiger charge is -2.19. The van der Waals surface area contributed by atoms with Crippen molar-refractivity contribution in [3.05, 3.63) is 75.6 Å². The fourth-order valence-corrected chi connectivity index (χ4v) is 2.85. The number of benzene rings is 2. The van der Waals surface area contributed by atoms with E-state index in [1.165, 1.54) is 13.0 Å². The number of anilines is 1. The third kappa shape index (κ3) is 2.98. The van der Waals surface area contributed by atoms with Gasteiger partial charge in [-0.25, -0.2) is 0 Å². The van der Waals surface area contributed by atoms with E-state index in [0.29, 0.717) is 9.16 Å².